The lowest BCUT2D eigenvalue weighted by Gasteiger charge is -2.22. The van der Waals surface area contributed by atoms with E-state index in [2.05, 4.69) is 15.6 Å². The minimum atomic E-state index is -0.717. The van der Waals surface area contributed by atoms with Crippen molar-refractivity contribution in [2.24, 2.45) is 4.99 Å². The molecule has 7 heteroatoms. The zero-order chi connectivity index (χ0) is 21.7. The Balaban J connectivity index is 2.22. The Kier molecular flexibility index (Phi) is 6.84. The van der Waals surface area contributed by atoms with Crippen LogP contribution in [0.4, 0.5) is 9.59 Å². The fourth-order valence-corrected chi connectivity index (χ4v) is 2.51. The summed E-state index contributed by atoms with van der Waals surface area (Å²) in [5, 5.41) is 7.10. The van der Waals surface area contributed by atoms with E-state index < -0.39 is 23.4 Å². The van der Waals surface area contributed by atoms with Gasteiger partial charge in [0.1, 0.15) is 11.2 Å². The van der Waals surface area contributed by atoms with Crippen molar-refractivity contribution in [3.63, 3.8) is 0 Å². The molecular weight excluding hydrogens is 370 g/mol. The van der Waals surface area contributed by atoms with Gasteiger partial charge in [0.25, 0.3) is 0 Å². The van der Waals surface area contributed by atoms with E-state index >= 15 is 0 Å². The van der Waals surface area contributed by atoms with Crippen molar-refractivity contribution in [3.8, 4) is 0 Å². The van der Waals surface area contributed by atoms with Gasteiger partial charge in [-0.1, -0.05) is 42.5 Å². The average molecular weight is 399 g/mol. The van der Waals surface area contributed by atoms with E-state index in [1.165, 1.54) is 0 Å². The molecule has 0 aliphatic carbocycles. The number of fused-ring (bicyclic) bond motifs is 1. The quantitative estimate of drug-likeness (QED) is 0.564. The normalized spacial score (nSPS) is 11.5. The SMILES string of the molecule is CC(C)(C)OC(=O)NC(=NCc1cccc2ccccc12)NC(=O)OC(C)(C)C. The molecule has 0 aliphatic rings. The Morgan fingerprint density at radius 3 is 1.90 bits per heavy atom. The van der Waals surface area contributed by atoms with Gasteiger partial charge in [0.05, 0.1) is 6.54 Å². The molecule has 156 valence electrons. The van der Waals surface area contributed by atoms with Gasteiger partial charge in [-0.3, -0.25) is 10.6 Å². The second-order valence-corrected chi connectivity index (χ2v) is 8.56. The van der Waals surface area contributed by atoms with Crippen LogP contribution < -0.4 is 10.6 Å². The Hall–Kier alpha value is -3.09. The highest BCUT2D eigenvalue weighted by Gasteiger charge is 2.21. The second kappa shape index (κ2) is 8.94. The van der Waals surface area contributed by atoms with Crippen LogP contribution >= 0.6 is 0 Å². The van der Waals surface area contributed by atoms with E-state index in [0.29, 0.717) is 0 Å². The number of benzene rings is 2. The molecule has 0 aliphatic heterocycles. The number of guanidine groups is 1. The summed E-state index contributed by atoms with van der Waals surface area (Å²) in [4.78, 5) is 28.7. The zero-order valence-electron chi connectivity index (χ0n) is 17.8. The predicted octanol–water partition coefficient (Wildman–Crippen LogP) is 4.75. The molecule has 0 heterocycles. The van der Waals surface area contributed by atoms with Gasteiger partial charge >= 0.3 is 12.2 Å². The molecule has 0 aromatic heterocycles. The topological polar surface area (TPSA) is 89.0 Å². The van der Waals surface area contributed by atoms with E-state index in [1.54, 1.807) is 41.5 Å². The number of nitrogens with zero attached hydrogens (tertiary/aromatic N) is 1. The van der Waals surface area contributed by atoms with Crippen LogP contribution in [0, 0.1) is 0 Å². The first-order valence-electron chi connectivity index (χ1n) is 9.44. The Labute approximate surface area is 171 Å². The summed E-state index contributed by atoms with van der Waals surface area (Å²) in [6.07, 6.45) is -1.43. The summed E-state index contributed by atoms with van der Waals surface area (Å²) >= 11 is 0. The largest absolute Gasteiger partial charge is 0.444 e. The monoisotopic (exact) mass is 399 g/mol. The summed E-state index contributed by atoms with van der Waals surface area (Å²) in [6.45, 7) is 10.8. The third-order valence-corrected chi connectivity index (χ3v) is 3.53. The Morgan fingerprint density at radius 1 is 0.828 bits per heavy atom. The molecule has 0 saturated heterocycles. The average Bonchev–Trinajstić information content (AvgIpc) is 2.56. The highest BCUT2D eigenvalue weighted by molar-refractivity contribution is 6.01. The third-order valence-electron chi connectivity index (χ3n) is 3.53. The fraction of sp³-hybridized carbons (Fsp3) is 0.409. The number of hydrogen-bond acceptors (Lipinski definition) is 5. The van der Waals surface area contributed by atoms with Gasteiger partial charge in [0.2, 0.25) is 5.96 Å². The fourth-order valence-electron chi connectivity index (χ4n) is 2.51. The highest BCUT2D eigenvalue weighted by atomic mass is 16.6. The van der Waals surface area contributed by atoms with Crippen LogP contribution in [0.1, 0.15) is 47.1 Å². The first kappa shape index (κ1) is 22.2. The van der Waals surface area contributed by atoms with Crippen molar-refractivity contribution in [2.45, 2.75) is 59.3 Å². The van der Waals surface area contributed by atoms with Crippen LogP contribution in [0.3, 0.4) is 0 Å². The molecule has 0 saturated carbocycles. The van der Waals surface area contributed by atoms with Gasteiger partial charge < -0.3 is 9.47 Å². The summed E-state index contributed by atoms with van der Waals surface area (Å²) in [6, 6.07) is 13.8. The van der Waals surface area contributed by atoms with Crippen molar-refractivity contribution in [1.82, 2.24) is 10.6 Å². The molecule has 2 aromatic carbocycles. The number of carbonyl (C=O) groups excluding carboxylic acids is 2. The van der Waals surface area contributed by atoms with Crippen molar-refractivity contribution in [1.29, 1.82) is 0 Å². The highest BCUT2D eigenvalue weighted by Crippen LogP contribution is 2.19. The van der Waals surface area contributed by atoms with Crippen LogP contribution in [0.15, 0.2) is 47.5 Å². The lowest BCUT2D eigenvalue weighted by Crippen LogP contribution is -2.47. The third kappa shape index (κ3) is 7.81. The Bertz CT molecular complexity index is 871. The van der Waals surface area contributed by atoms with Crippen LogP contribution in [0.5, 0.6) is 0 Å². The molecule has 2 rings (SSSR count). The maximum atomic E-state index is 12.2. The number of rotatable bonds is 2. The van der Waals surface area contributed by atoms with E-state index in [4.69, 9.17) is 9.47 Å². The summed E-state index contributed by atoms with van der Waals surface area (Å²) < 4.78 is 10.5. The zero-order valence-corrected chi connectivity index (χ0v) is 17.8. The summed E-state index contributed by atoms with van der Waals surface area (Å²) in [7, 11) is 0. The number of ether oxygens (including phenoxy) is 2. The van der Waals surface area contributed by atoms with Crippen LogP contribution in [0.25, 0.3) is 10.8 Å². The van der Waals surface area contributed by atoms with Crippen LogP contribution in [-0.4, -0.2) is 29.3 Å². The van der Waals surface area contributed by atoms with Crippen molar-refractivity contribution >= 4 is 28.9 Å². The maximum absolute atomic E-state index is 12.2. The van der Waals surface area contributed by atoms with Crippen molar-refractivity contribution in [3.05, 3.63) is 48.0 Å². The smallest absolute Gasteiger partial charge is 0.414 e. The molecule has 2 aromatic rings. The molecule has 0 bridgehead atoms. The number of nitrogens with one attached hydrogen (secondary N) is 2. The molecule has 0 radical (unpaired) electrons. The number of carbonyl (C=O) groups is 2. The molecule has 2 N–H and O–H groups in total. The first-order chi connectivity index (χ1) is 13.4. The number of hydrogen-bond donors (Lipinski definition) is 2. The molecule has 29 heavy (non-hydrogen) atoms. The van der Waals surface area contributed by atoms with Gasteiger partial charge in [-0.05, 0) is 57.9 Å². The van der Waals surface area contributed by atoms with Gasteiger partial charge in [-0.15, -0.1) is 0 Å². The van der Waals surface area contributed by atoms with Gasteiger partial charge in [-0.25, -0.2) is 14.6 Å². The number of aliphatic imine (C=N–C) groups is 1. The minimum absolute atomic E-state index is 0.0403. The number of alkyl carbamates (subject to hydrolysis) is 2. The predicted molar refractivity (Wildman–Crippen MR) is 114 cm³/mol. The van der Waals surface area contributed by atoms with Gasteiger partial charge in [0.15, 0.2) is 0 Å². The summed E-state index contributed by atoms with van der Waals surface area (Å²) in [5.41, 5.74) is -0.411. The van der Waals surface area contributed by atoms with Gasteiger partial charge in [-0.2, -0.15) is 0 Å². The minimum Gasteiger partial charge on any atom is -0.444 e. The van der Waals surface area contributed by atoms with E-state index in [9.17, 15) is 9.59 Å². The molecule has 0 spiro atoms. The first-order valence-corrected chi connectivity index (χ1v) is 9.44. The molecular formula is C22H29N3O4. The second-order valence-electron chi connectivity index (χ2n) is 8.56. The van der Waals surface area contributed by atoms with Gasteiger partial charge in [0, 0.05) is 0 Å². The molecule has 0 fully saturated rings. The maximum Gasteiger partial charge on any atom is 0.414 e. The summed E-state index contributed by atoms with van der Waals surface area (Å²) in [5.74, 6) is -0.0403. The van der Waals surface area contributed by atoms with Crippen molar-refractivity contribution in [2.75, 3.05) is 0 Å². The molecule has 2 amide bonds. The molecule has 7 nitrogen and oxygen atoms in total. The van der Waals surface area contributed by atoms with E-state index in [1.807, 2.05) is 42.5 Å². The lowest BCUT2D eigenvalue weighted by molar-refractivity contribution is 0.0545. The lowest BCUT2D eigenvalue weighted by atomic mass is 10.1. The Morgan fingerprint density at radius 2 is 1.34 bits per heavy atom. The van der Waals surface area contributed by atoms with E-state index in [-0.39, 0.29) is 12.5 Å². The van der Waals surface area contributed by atoms with Crippen LogP contribution in [0.2, 0.25) is 0 Å². The van der Waals surface area contributed by atoms with E-state index in [0.717, 1.165) is 16.3 Å². The van der Waals surface area contributed by atoms with Crippen molar-refractivity contribution < 1.29 is 19.1 Å². The standard InChI is InChI=1S/C22H29N3O4/c1-21(2,3)28-19(26)24-18(25-20(27)29-22(4,5)6)23-14-16-12-9-11-15-10-7-8-13-17(15)16/h7-13H,14H2,1-6H3,(H2,23,24,25,26,27). The number of amides is 2. The molecule has 0 unspecified atom stereocenters. The van der Waals surface area contributed by atoms with Crippen LogP contribution in [-0.2, 0) is 16.0 Å². The molecule has 0 atom stereocenters.